The van der Waals surface area contributed by atoms with Crippen LogP contribution in [-0.4, -0.2) is 50.9 Å². The number of ether oxygens (including phenoxy) is 1. The summed E-state index contributed by atoms with van der Waals surface area (Å²) >= 11 is 18.6. The molecule has 0 aromatic heterocycles. The fourth-order valence-corrected chi connectivity index (χ4v) is 6.32. The van der Waals surface area contributed by atoms with Gasteiger partial charge in [0.1, 0.15) is 18.3 Å². The van der Waals surface area contributed by atoms with Crippen molar-refractivity contribution >= 4 is 62.3 Å². The molecular formula is C31H36Cl3N3O5S. The predicted octanol–water partition coefficient (Wildman–Crippen LogP) is 6.82. The highest BCUT2D eigenvalue weighted by Crippen LogP contribution is 2.28. The summed E-state index contributed by atoms with van der Waals surface area (Å²) in [6.07, 6.45) is 0.286. The molecule has 232 valence electrons. The molecule has 0 bridgehead atoms. The summed E-state index contributed by atoms with van der Waals surface area (Å²) in [7, 11) is -4.24. The Balaban J connectivity index is 2.07. The van der Waals surface area contributed by atoms with E-state index >= 15 is 0 Å². The maximum Gasteiger partial charge on any atom is 0.264 e. The molecule has 0 aliphatic heterocycles. The standard InChI is InChI=1S/C31H36Cl3N3O5S/c1-5-29(31(39)35-18-21(3)4)36(19-22-7-8-24(33)17-28(22)34)30(38)20-37(25-11-13-26(14-12-25)42-6-2)43(40,41)27-15-9-23(32)10-16-27/h7-17,21,29H,5-6,18-20H2,1-4H3,(H,35,39). The third-order valence-electron chi connectivity index (χ3n) is 6.54. The molecule has 0 aliphatic rings. The molecule has 1 N–H and O–H groups in total. The Hall–Kier alpha value is -2.98. The molecule has 0 heterocycles. The van der Waals surface area contributed by atoms with Gasteiger partial charge in [0.05, 0.1) is 17.2 Å². The minimum atomic E-state index is -4.24. The zero-order valence-corrected chi connectivity index (χ0v) is 27.6. The van der Waals surface area contributed by atoms with Crippen molar-refractivity contribution in [3.05, 3.63) is 87.4 Å². The van der Waals surface area contributed by atoms with Gasteiger partial charge in [-0.2, -0.15) is 0 Å². The van der Waals surface area contributed by atoms with E-state index in [4.69, 9.17) is 39.5 Å². The van der Waals surface area contributed by atoms with Crippen molar-refractivity contribution in [1.29, 1.82) is 0 Å². The van der Waals surface area contributed by atoms with Crippen molar-refractivity contribution in [2.24, 2.45) is 5.92 Å². The van der Waals surface area contributed by atoms with Crippen LogP contribution in [0.1, 0.15) is 39.7 Å². The van der Waals surface area contributed by atoms with Gasteiger partial charge in [0.2, 0.25) is 11.8 Å². The second kappa shape index (κ2) is 15.7. The first-order chi connectivity index (χ1) is 20.4. The highest BCUT2D eigenvalue weighted by atomic mass is 35.5. The predicted molar refractivity (Wildman–Crippen MR) is 173 cm³/mol. The second-order valence-electron chi connectivity index (χ2n) is 10.2. The van der Waals surface area contributed by atoms with Gasteiger partial charge in [0.15, 0.2) is 0 Å². The fraction of sp³-hybridized carbons (Fsp3) is 0.355. The highest BCUT2D eigenvalue weighted by molar-refractivity contribution is 7.92. The minimum Gasteiger partial charge on any atom is -0.494 e. The average Bonchev–Trinajstić information content (AvgIpc) is 2.96. The first-order valence-corrected chi connectivity index (χ1v) is 16.5. The van der Waals surface area contributed by atoms with E-state index in [1.54, 1.807) is 49.4 Å². The van der Waals surface area contributed by atoms with Crippen LogP contribution < -0.4 is 14.4 Å². The Bertz CT molecular complexity index is 1500. The Labute approximate surface area is 268 Å². The lowest BCUT2D eigenvalue weighted by atomic mass is 10.1. The Morgan fingerprint density at radius 2 is 1.53 bits per heavy atom. The topological polar surface area (TPSA) is 96.0 Å². The van der Waals surface area contributed by atoms with E-state index < -0.39 is 28.5 Å². The number of halogens is 3. The summed E-state index contributed by atoms with van der Waals surface area (Å²) in [5, 5.41) is 4.00. The summed E-state index contributed by atoms with van der Waals surface area (Å²) in [4.78, 5) is 28.8. The van der Waals surface area contributed by atoms with Gasteiger partial charge in [-0.25, -0.2) is 8.42 Å². The number of carbonyl (C=O) groups excluding carboxylic acids is 2. The highest BCUT2D eigenvalue weighted by Gasteiger charge is 2.34. The van der Waals surface area contributed by atoms with E-state index in [9.17, 15) is 18.0 Å². The Morgan fingerprint density at radius 3 is 2.09 bits per heavy atom. The number of sulfonamides is 1. The van der Waals surface area contributed by atoms with Crippen LogP contribution in [0.4, 0.5) is 5.69 Å². The fourth-order valence-electron chi connectivity index (χ4n) is 4.31. The summed E-state index contributed by atoms with van der Waals surface area (Å²) in [6.45, 7) is 7.79. The van der Waals surface area contributed by atoms with Crippen LogP contribution in [0, 0.1) is 5.92 Å². The number of nitrogens with zero attached hydrogens (tertiary/aromatic N) is 2. The van der Waals surface area contributed by atoms with E-state index in [0.29, 0.717) is 39.5 Å². The molecule has 12 heteroatoms. The molecule has 0 saturated heterocycles. The van der Waals surface area contributed by atoms with Crippen molar-refractivity contribution in [1.82, 2.24) is 10.2 Å². The first kappa shape index (κ1) is 34.5. The normalized spacial score (nSPS) is 12.1. The maximum atomic E-state index is 14.2. The van der Waals surface area contributed by atoms with Crippen LogP contribution in [0.15, 0.2) is 71.6 Å². The SMILES string of the molecule is CCOc1ccc(N(CC(=O)N(Cc2ccc(Cl)cc2Cl)C(CC)C(=O)NCC(C)C)S(=O)(=O)c2ccc(Cl)cc2)cc1. The van der Waals surface area contributed by atoms with Gasteiger partial charge in [-0.15, -0.1) is 0 Å². The number of amides is 2. The zero-order chi connectivity index (χ0) is 31.7. The molecule has 3 aromatic rings. The lowest BCUT2D eigenvalue weighted by molar-refractivity contribution is -0.140. The lowest BCUT2D eigenvalue weighted by Gasteiger charge is -2.33. The molecule has 3 aromatic carbocycles. The number of carbonyl (C=O) groups is 2. The zero-order valence-electron chi connectivity index (χ0n) is 24.5. The van der Waals surface area contributed by atoms with Crippen molar-refractivity contribution in [3.63, 3.8) is 0 Å². The monoisotopic (exact) mass is 667 g/mol. The lowest BCUT2D eigenvalue weighted by Crippen LogP contribution is -2.52. The van der Waals surface area contributed by atoms with E-state index in [0.717, 1.165) is 4.31 Å². The summed E-state index contributed by atoms with van der Waals surface area (Å²) < 4.78 is 34.5. The maximum absolute atomic E-state index is 14.2. The van der Waals surface area contributed by atoms with Gasteiger partial charge in [-0.3, -0.25) is 13.9 Å². The molecule has 2 amide bonds. The number of benzene rings is 3. The molecular weight excluding hydrogens is 633 g/mol. The van der Waals surface area contributed by atoms with Crippen molar-refractivity contribution in [2.45, 2.75) is 51.6 Å². The molecule has 1 unspecified atom stereocenters. The van der Waals surface area contributed by atoms with Crippen LogP contribution in [0.5, 0.6) is 5.75 Å². The van der Waals surface area contributed by atoms with Crippen LogP contribution in [0.2, 0.25) is 15.1 Å². The number of nitrogens with one attached hydrogen (secondary N) is 1. The summed E-state index contributed by atoms with van der Waals surface area (Å²) in [5.41, 5.74) is 0.802. The largest absolute Gasteiger partial charge is 0.494 e. The Morgan fingerprint density at radius 1 is 0.907 bits per heavy atom. The number of anilines is 1. The van der Waals surface area contributed by atoms with Gasteiger partial charge < -0.3 is 15.0 Å². The second-order valence-corrected chi connectivity index (χ2v) is 13.4. The molecule has 8 nitrogen and oxygen atoms in total. The van der Waals surface area contributed by atoms with Crippen LogP contribution in [0.3, 0.4) is 0 Å². The van der Waals surface area contributed by atoms with Gasteiger partial charge in [-0.05, 0) is 85.5 Å². The molecule has 3 rings (SSSR count). The first-order valence-electron chi connectivity index (χ1n) is 13.9. The number of hydrogen-bond acceptors (Lipinski definition) is 5. The third-order valence-corrected chi connectivity index (χ3v) is 9.17. The van der Waals surface area contributed by atoms with E-state index in [2.05, 4.69) is 5.32 Å². The van der Waals surface area contributed by atoms with Gasteiger partial charge in [0, 0.05) is 28.2 Å². The van der Waals surface area contributed by atoms with Gasteiger partial charge in [-0.1, -0.05) is 61.6 Å². The third kappa shape index (κ3) is 9.25. The van der Waals surface area contributed by atoms with Crippen molar-refractivity contribution in [2.75, 3.05) is 24.0 Å². The van der Waals surface area contributed by atoms with Gasteiger partial charge >= 0.3 is 0 Å². The van der Waals surface area contributed by atoms with Gasteiger partial charge in [0.25, 0.3) is 10.0 Å². The van der Waals surface area contributed by atoms with E-state index in [1.807, 2.05) is 20.8 Å². The van der Waals surface area contributed by atoms with Crippen LogP contribution in [0.25, 0.3) is 0 Å². The van der Waals surface area contributed by atoms with E-state index in [-0.39, 0.29) is 35.4 Å². The smallest absolute Gasteiger partial charge is 0.264 e. The number of rotatable bonds is 14. The quantitative estimate of drug-likeness (QED) is 0.203. The molecule has 1 atom stereocenters. The molecule has 0 radical (unpaired) electrons. The van der Waals surface area contributed by atoms with Crippen LogP contribution in [-0.2, 0) is 26.2 Å². The van der Waals surface area contributed by atoms with E-state index in [1.165, 1.54) is 29.2 Å². The molecule has 0 aliphatic carbocycles. The Kier molecular flexibility index (Phi) is 12.6. The number of hydrogen-bond donors (Lipinski definition) is 1. The summed E-state index contributed by atoms with van der Waals surface area (Å²) in [5.74, 6) is -0.198. The van der Waals surface area contributed by atoms with Crippen LogP contribution >= 0.6 is 34.8 Å². The average molecular weight is 669 g/mol. The molecule has 0 spiro atoms. The summed E-state index contributed by atoms with van der Waals surface area (Å²) in [6, 6.07) is 16.1. The molecule has 0 fully saturated rings. The molecule has 43 heavy (non-hydrogen) atoms. The van der Waals surface area contributed by atoms with Crippen molar-refractivity contribution in [3.8, 4) is 5.75 Å². The van der Waals surface area contributed by atoms with Crippen molar-refractivity contribution < 1.29 is 22.7 Å². The molecule has 0 saturated carbocycles. The minimum absolute atomic E-state index is 0.0411.